The first kappa shape index (κ1) is 19.6. The topological polar surface area (TPSA) is 95.7 Å². The zero-order valence-corrected chi connectivity index (χ0v) is 16.4. The van der Waals surface area contributed by atoms with Crippen LogP contribution in [0.15, 0.2) is 52.1 Å². The van der Waals surface area contributed by atoms with Gasteiger partial charge in [0.2, 0.25) is 11.8 Å². The maximum absolute atomic E-state index is 12.1. The molecular formula is C19H19N3O5S. The summed E-state index contributed by atoms with van der Waals surface area (Å²) in [6.07, 6.45) is 0. The Morgan fingerprint density at radius 1 is 1.00 bits per heavy atom. The van der Waals surface area contributed by atoms with Gasteiger partial charge in [0.25, 0.3) is 5.22 Å². The number of nitrogens with one attached hydrogen (secondary N) is 1. The molecule has 28 heavy (non-hydrogen) atoms. The number of aromatic nitrogens is 2. The van der Waals surface area contributed by atoms with Crippen molar-refractivity contribution in [3.05, 3.63) is 42.5 Å². The highest BCUT2D eigenvalue weighted by molar-refractivity contribution is 7.99. The van der Waals surface area contributed by atoms with Gasteiger partial charge in [0.05, 0.1) is 27.1 Å². The van der Waals surface area contributed by atoms with E-state index in [1.807, 2.05) is 0 Å². The summed E-state index contributed by atoms with van der Waals surface area (Å²) in [5, 5.41) is 11.1. The second-order valence-electron chi connectivity index (χ2n) is 5.51. The van der Waals surface area contributed by atoms with E-state index in [1.165, 1.54) is 0 Å². The molecule has 1 heterocycles. The SMILES string of the molecule is COc1ccc(NC(=O)CSc2nnc(-c3ccc(OC)c(OC)c3)o2)cc1. The molecule has 3 aromatic rings. The first-order valence-electron chi connectivity index (χ1n) is 8.25. The van der Waals surface area contributed by atoms with E-state index in [-0.39, 0.29) is 11.7 Å². The van der Waals surface area contributed by atoms with Crippen LogP contribution in [0.3, 0.4) is 0 Å². The average Bonchev–Trinajstić information content (AvgIpc) is 3.21. The van der Waals surface area contributed by atoms with Crippen molar-refractivity contribution in [1.29, 1.82) is 0 Å². The van der Waals surface area contributed by atoms with Gasteiger partial charge in [-0.2, -0.15) is 0 Å². The van der Waals surface area contributed by atoms with Gasteiger partial charge < -0.3 is 23.9 Å². The van der Waals surface area contributed by atoms with Crippen LogP contribution >= 0.6 is 11.8 Å². The van der Waals surface area contributed by atoms with Gasteiger partial charge in [-0.05, 0) is 42.5 Å². The Morgan fingerprint density at radius 3 is 2.43 bits per heavy atom. The lowest BCUT2D eigenvalue weighted by Crippen LogP contribution is -2.13. The van der Waals surface area contributed by atoms with Crippen molar-refractivity contribution in [3.8, 4) is 28.7 Å². The molecule has 0 aliphatic carbocycles. The van der Waals surface area contributed by atoms with Gasteiger partial charge >= 0.3 is 0 Å². The lowest BCUT2D eigenvalue weighted by molar-refractivity contribution is -0.113. The van der Waals surface area contributed by atoms with E-state index in [9.17, 15) is 4.79 Å². The van der Waals surface area contributed by atoms with Crippen LogP contribution in [0.25, 0.3) is 11.5 Å². The van der Waals surface area contributed by atoms with Gasteiger partial charge in [0.1, 0.15) is 5.75 Å². The van der Waals surface area contributed by atoms with Crippen molar-refractivity contribution >= 4 is 23.4 Å². The van der Waals surface area contributed by atoms with Crippen molar-refractivity contribution in [2.45, 2.75) is 5.22 Å². The van der Waals surface area contributed by atoms with E-state index in [0.29, 0.717) is 33.9 Å². The number of carbonyl (C=O) groups is 1. The molecule has 3 rings (SSSR count). The number of methoxy groups -OCH3 is 3. The molecule has 1 amide bonds. The van der Waals surface area contributed by atoms with Crippen LogP contribution in [0.5, 0.6) is 17.2 Å². The number of rotatable bonds is 8. The minimum Gasteiger partial charge on any atom is -0.497 e. The number of benzene rings is 2. The van der Waals surface area contributed by atoms with Gasteiger partial charge in [-0.25, -0.2) is 0 Å². The van der Waals surface area contributed by atoms with Crippen LogP contribution in [0.1, 0.15) is 0 Å². The third-order valence-corrected chi connectivity index (χ3v) is 4.56. The fraction of sp³-hybridized carbons (Fsp3) is 0.211. The molecule has 0 saturated carbocycles. The Morgan fingerprint density at radius 2 is 1.75 bits per heavy atom. The van der Waals surface area contributed by atoms with Gasteiger partial charge in [-0.15, -0.1) is 10.2 Å². The zero-order chi connectivity index (χ0) is 19.9. The van der Waals surface area contributed by atoms with Gasteiger partial charge in [0, 0.05) is 11.3 Å². The molecule has 2 aromatic carbocycles. The molecule has 0 saturated heterocycles. The Labute approximate surface area is 166 Å². The molecule has 9 heteroatoms. The quantitative estimate of drug-likeness (QED) is 0.573. The first-order valence-corrected chi connectivity index (χ1v) is 9.24. The summed E-state index contributed by atoms with van der Waals surface area (Å²) in [5.41, 5.74) is 1.38. The van der Waals surface area contributed by atoms with E-state index < -0.39 is 0 Å². The predicted molar refractivity (Wildman–Crippen MR) is 105 cm³/mol. The van der Waals surface area contributed by atoms with Crippen molar-refractivity contribution in [2.75, 3.05) is 32.4 Å². The smallest absolute Gasteiger partial charge is 0.277 e. The molecule has 8 nitrogen and oxygen atoms in total. The molecule has 1 aromatic heterocycles. The van der Waals surface area contributed by atoms with E-state index >= 15 is 0 Å². The lowest BCUT2D eigenvalue weighted by atomic mass is 10.2. The number of hydrogen-bond acceptors (Lipinski definition) is 8. The third-order valence-electron chi connectivity index (χ3n) is 3.74. The van der Waals surface area contributed by atoms with Crippen molar-refractivity contribution in [2.24, 2.45) is 0 Å². The number of ether oxygens (including phenoxy) is 3. The van der Waals surface area contributed by atoms with E-state index in [2.05, 4.69) is 15.5 Å². The maximum Gasteiger partial charge on any atom is 0.277 e. The predicted octanol–water partition coefficient (Wildman–Crippen LogP) is 3.49. The summed E-state index contributed by atoms with van der Waals surface area (Å²) < 4.78 is 21.2. The van der Waals surface area contributed by atoms with Crippen LogP contribution in [0.4, 0.5) is 5.69 Å². The summed E-state index contributed by atoms with van der Waals surface area (Å²) in [6.45, 7) is 0. The normalized spacial score (nSPS) is 10.4. The summed E-state index contributed by atoms with van der Waals surface area (Å²) >= 11 is 1.16. The fourth-order valence-electron chi connectivity index (χ4n) is 2.35. The third kappa shape index (κ3) is 4.74. The number of nitrogens with zero attached hydrogens (tertiary/aromatic N) is 2. The lowest BCUT2D eigenvalue weighted by Gasteiger charge is -2.07. The Hall–Kier alpha value is -3.20. The molecule has 0 unspecified atom stereocenters. The van der Waals surface area contributed by atoms with E-state index in [4.69, 9.17) is 18.6 Å². The maximum atomic E-state index is 12.1. The number of thioether (sulfide) groups is 1. The zero-order valence-electron chi connectivity index (χ0n) is 15.6. The molecular weight excluding hydrogens is 382 g/mol. The fourth-order valence-corrected chi connectivity index (χ4v) is 2.92. The van der Waals surface area contributed by atoms with Crippen molar-refractivity contribution in [1.82, 2.24) is 10.2 Å². The molecule has 0 fully saturated rings. The highest BCUT2D eigenvalue weighted by Gasteiger charge is 2.14. The minimum absolute atomic E-state index is 0.138. The largest absolute Gasteiger partial charge is 0.497 e. The highest BCUT2D eigenvalue weighted by Crippen LogP contribution is 2.32. The summed E-state index contributed by atoms with van der Waals surface area (Å²) in [7, 11) is 4.71. The van der Waals surface area contributed by atoms with Crippen LogP contribution in [0.2, 0.25) is 0 Å². The second-order valence-corrected chi connectivity index (χ2v) is 6.43. The molecule has 146 valence electrons. The second kappa shape index (κ2) is 9.14. The molecule has 0 spiro atoms. The van der Waals surface area contributed by atoms with Crippen molar-refractivity contribution < 1.29 is 23.4 Å². The summed E-state index contributed by atoms with van der Waals surface area (Å²) in [6, 6.07) is 12.4. The van der Waals surface area contributed by atoms with Crippen LogP contribution in [-0.2, 0) is 4.79 Å². The van der Waals surface area contributed by atoms with Gasteiger partial charge in [-0.3, -0.25) is 4.79 Å². The monoisotopic (exact) mass is 401 g/mol. The minimum atomic E-state index is -0.180. The number of carbonyl (C=O) groups excluding carboxylic acids is 1. The summed E-state index contributed by atoms with van der Waals surface area (Å²) in [5.74, 6) is 2.18. The van der Waals surface area contributed by atoms with Gasteiger partial charge in [-0.1, -0.05) is 11.8 Å². The Kier molecular flexibility index (Phi) is 6.38. The molecule has 1 N–H and O–H groups in total. The number of anilines is 1. The number of hydrogen-bond donors (Lipinski definition) is 1. The number of amides is 1. The van der Waals surface area contributed by atoms with Crippen LogP contribution in [0, 0.1) is 0 Å². The highest BCUT2D eigenvalue weighted by atomic mass is 32.2. The molecule has 0 radical (unpaired) electrons. The van der Waals surface area contributed by atoms with E-state index in [1.54, 1.807) is 63.8 Å². The standard InChI is InChI=1S/C19H19N3O5S/c1-24-14-7-5-13(6-8-14)20-17(23)11-28-19-22-21-18(27-19)12-4-9-15(25-2)16(10-12)26-3/h4-10H,11H2,1-3H3,(H,20,23). The molecule has 0 aliphatic rings. The Balaban J connectivity index is 1.59. The molecule has 0 aliphatic heterocycles. The van der Waals surface area contributed by atoms with Crippen molar-refractivity contribution in [3.63, 3.8) is 0 Å². The van der Waals surface area contributed by atoms with E-state index in [0.717, 1.165) is 17.5 Å². The summed E-state index contributed by atoms with van der Waals surface area (Å²) in [4.78, 5) is 12.1. The Bertz CT molecular complexity index is 943. The molecule has 0 atom stereocenters. The van der Waals surface area contributed by atoms with Crippen LogP contribution < -0.4 is 19.5 Å². The average molecular weight is 401 g/mol. The van der Waals surface area contributed by atoms with Crippen LogP contribution in [-0.4, -0.2) is 43.2 Å². The van der Waals surface area contributed by atoms with Gasteiger partial charge in [0.15, 0.2) is 11.5 Å². The first-order chi connectivity index (χ1) is 13.6. The molecule has 0 bridgehead atoms.